The number of aliphatic carboxylic acids is 1. The number of amides is 3. The molecule has 0 radical (unpaired) electrons. The van der Waals surface area contributed by atoms with Gasteiger partial charge in [-0.15, -0.1) is 0 Å². The lowest BCUT2D eigenvalue weighted by atomic mass is 9.95. The van der Waals surface area contributed by atoms with Crippen molar-refractivity contribution in [2.45, 2.75) is 25.3 Å². The second kappa shape index (κ2) is 7.82. The summed E-state index contributed by atoms with van der Waals surface area (Å²) in [6.45, 7) is 0.659. The number of likely N-dealkylation sites (tertiary alicyclic amines) is 1. The minimum Gasteiger partial charge on any atom is -0.480 e. The van der Waals surface area contributed by atoms with Gasteiger partial charge < -0.3 is 25.3 Å². The minimum absolute atomic E-state index is 0.0148. The number of rotatable bonds is 5. The number of hydrogen-bond donors (Lipinski definition) is 3. The number of carboxylic acids is 1. The number of piperidine rings is 1. The molecule has 8 nitrogen and oxygen atoms in total. The number of carbonyl (C=O) groups is 3. The van der Waals surface area contributed by atoms with E-state index in [4.69, 9.17) is 10.2 Å². The second-order valence-corrected chi connectivity index (χ2v) is 5.35. The van der Waals surface area contributed by atoms with Gasteiger partial charge in [0, 0.05) is 46.1 Å². The fourth-order valence-corrected chi connectivity index (χ4v) is 2.29. The number of carboxylic acid groups (broad SMARTS) is 1. The first-order valence-corrected chi connectivity index (χ1v) is 6.97. The van der Waals surface area contributed by atoms with Gasteiger partial charge in [0.05, 0.1) is 0 Å². The van der Waals surface area contributed by atoms with Crippen LogP contribution in [-0.4, -0.2) is 77.8 Å². The predicted molar refractivity (Wildman–Crippen MR) is 74.6 cm³/mol. The van der Waals surface area contributed by atoms with Gasteiger partial charge in [0.2, 0.25) is 5.91 Å². The van der Waals surface area contributed by atoms with Crippen LogP contribution in [0.5, 0.6) is 0 Å². The van der Waals surface area contributed by atoms with Crippen molar-refractivity contribution in [3.8, 4) is 0 Å². The van der Waals surface area contributed by atoms with Crippen molar-refractivity contribution in [2.75, 3.05) is 33.8 Å². The summed E-state index contributed by atoms with van der Waals surface area (Å²) < 4.78 is 0. The van der Waals surface area contributed by atoms with Gasteiger partial charge in [-0.2, -0.15) is 0 Å². The molecule has 0 aromatic rings. The first-order chi connectivity index (χ1) is 9.86. The third kappa shape index (κ3) is 4.89. The van der Waals surface area contributed by atoms with E-state index in [1.807, 2.05) is 0 Å². The van der Waals surface area contributed by atoms with Crippen LogP contribution in [-0.2, 0) is 9.59 Å². The van der Waals surface area contributed by atoms with Crippen molar-refractivity contribution in [2.24, 2.45) is 5.92 Å². The molecule has 8 heteroatoms. The lowest BCUT2D eigenvalue weighted by Crippen LogP contribution is -2.49. The largest absolute Gasteiger partial charge is 0.480 e. The zero-order chi connectivity index (χ0) is 16.0. The van der Waals surface area contributed by atoms with Gasteiger partial charge in [-0.25, -0.2) is 9.59 Å². The van der Waals surface area contributed by atoms with Crippen molar-refractivity contribution in [3.63, 3.8) is 0 Å². The Bertz CT molecular complexity index is 391. The topological polar surface area (TPSA) is 110 Å². The van der Waals surface area contributed by atoms with E-state index in [1.165, 1.54) is 4.90 Å². The SMILES string of the molecule is CN(C)C(=O)N1CCC(C(=O)N[C@@H](CCO)C(=O)O)CC1. The average molecular weight is 301 g/mol. The van der Waals surface area contributed by atoms with E-state index in [2.05, 4.69) is 5.32 Å². The van der Waals surface area contributed by atoms with E-state index in [-0.39, 0.29) is 30.9 Å². The molecular formula is C13H23N3O5. The highest BCUT2D eigenvalue weighted by atomic mass is 16.4. The van der Waals surface area contributed by atoms with Crippen LogP contribution >= 0.6 is 0 Å². The van der Waals surface area contributed by atoms with Crippen LogP contribution < -0.4 is 5.32 Å². The predicted octanol–water partition coefficient (Wildman–Crippen LogP) is -0.668. The molecule has 120 valence electrons. The highest BCUT2D eigenvalue weighted by molar-refractivity contribution is 5.85. The Morgan fingerprint density at radius 3 is 2.29 bits per heavy atom. The summed E-state index contributed by atoms with van der Waals surface area (Å²) in [7, 11) is 3.35. The Hall–Kier alpha value is -1.83. The highest BCUT2D eigenvalue weighted by Crippen LogP contribution is 2.18. The van der Waals surface area contributed by atoms with Crippen LogP contribution in [0.2, 0.25) is 0 Å². The Labute approximate surface area is 123 Å². The lowest BCUT2D eigenvalue weighted by Gasteiger charge is -2.33. The van der Waals surface area contributed by atoms with Gasteiger partial charge in [-0.05, 0) is 12.8 Å². The Morgan fingerprint density at radius 1 is 1.29 bits per heavy atom. The third-order valence-electron chi connectivity index (χ3n) is 3.55. The van der Waals surface area contributed by atoms with E-state index in [0.29, 0.717) is 25.9 Å². The number of aliphatic hydroxyl groups is 1. The Morgan fingerprint density at radius 2 is 1.86 bits per heavy atom. The molecule has 1 fully saturated rings. The van der Waals surface area contributed by atoms with E-state index in [1.54, 1.807) is 19.0 Å². The zero-order valence-electron chi connectivity index (χ0n) is 12.4. The van der Waals surface area contributed by atoms with Crippen LogP contribution in [0.25, 0.3) is 0 Å². The summed E-state index contributed by atoms with van der Waals surface area (Å²) in [5, 5.41) is 20.2. The fourth-order valence-electron chi connectivity index (χ4n) is 2.29. The fraction of sp³-hybridized carbons (Fsp3) is 0.769. The van der Waals surface area contributed by atoms with Crippen LogP contribution in [0.4, 0.5) is 4.79 Å². The van der Waals surface area contributed by atoms with E-state index < -0.39 is 12.0 Å². The molecule has 21 heavy (non-hydrogen) atoms. The number of urea groups is 1. The van der Waals surface area contributed by atoms with Crippen LogP contribution in [0.1, 0.15) is 19.3 Å². The normalized spacial score (nSPS) is 17.2. The molecule has 0 aromatic heterocycles. The maximum Gasteiger partial charge on any atom is 0.326 e. The Balaban J connectivity index is 2.48. The minimum atomic E-state index is -1.15. The molecule has 3 N–H and O–H groups in total. The molecular weight excluding hydrogens is 278 g/mol. The standard InChI is InChI=1S/C13H23N3O5/c1-15(2)13(21)16-6-3-9(4-7-16)11(18)14-10(5-8-17)12(19)20/h9-10,17H,3-8H2,1-2H3,(H,14,18)(H,19,20)/t10-/m0/s1. The maximum atomic E-state index is 12.0. The summed E-state index contributed by atoms with van der Waals surface area (Å²) in [5.74, 6) is -1.78. The van der Waals surface area contributed by atoms with Crippen molar-refractivity contribution >= 4 is 17.9 Å². The van der Waals surface area contributed by atoms with Crippen molar-refractivity contribution in [1.29, 1.82) is 0 Å². The average Bonchev–Trinajstić information content (AvgIpc) is 2.45. The molecule has 0 bridgehead atoms. The summed E-state index contributed by atoms with van der Waals surface area (Å²) in [5.41, 5.74) is 0. The van der Waals surface area contributed by atoms with Gasteiger partial charge in [0.1, 0.15) is 6.04 Å². The molecule has 1 saturated heterocycles. The Kier molecular flexibility index (Phi) is 6.41. The molecule has 3 amide bonds. The van der Waals surface area contributed by atoms with Gasteiger partial charge >= 0.3 is 12.0 Å². The number of hydrogen-bond acceptors (Lipinski definition) is 4. The molecule has 0 aliphatic carbocycles. The number of carbonyl (C=O) groups excluding carboxylic acids is 2. The second-order valence-electron chi connectivity index (χ2n) is 5.35. The first kappa shape index (κ1) is 17.2. The molecule has 1 aliphatic heterocycles. The smallest absolute Gasteiger partial charge is 0.326 e. The van der Waals surface area contributed by atoms with Crippen LogP contribution in [0.15, 0.2) is 0 Å². The summed E-state index contributed by atoms with van der Waals surface area (Å²) in [6, 6.07) is -1.15. The van der Waals surface area contributed by atoms with E-state index in [0.717, 1.165) is 0 Å². The number of nitrogens with one attached hydrogen (secondary N) is 1. The summed E-state index contributed by atoms with van der Waals surface area (Å²) in [4.78, 5) is 37.9. The molecule has 0 aromatic carbocycles. The van der Waals surface area contributed by atoms with Gasteiger partial charge in [-0.1, -0.05) is 0 Å². The van der Waals surface area contributed by atoms with Crippen LogP contribution in [0.3, 0.4) is 0 Å². The van der Waals surface area contributed by atoms with Gasteiger partial charge in [0.15, 0.2) is 0 Å². The molecule has 0 unspecified atom stereocenters. The number of aliphatic hydroxyl groups excluding tert-OH is 1. The maximum absolute atomic E-state index is 12.0. The van der Waals surface area contributed by atoms with Crippen LogP contribution in [0, 0.1) is 5.92 Å². The highest BCUT2D eigenvalue weighted by Gasteiger charge is 2.30. The molecule has 1 aliphatic rings. The lowest BCUT2D eigenvalue weighted by molar-refractivity contribution is -0.143. The summed E-state index contributed by atoms with van der Waals surface area (Å²) in [6.07, 6.45) is 1.01. The van der Waals surface area contributed by atoms with E-state index >= 15 is 0 Å². The molecule has 1 atom stereocenters. The monoisotopic (exact) mass is 301 g/mol. The first-order valence-electron chi connectivity index (χ1n) is 6.97. The zero-order valence-corrected chi connectivity index (χ0v) is 12.4. The summed E-state index contributed by atoms with van der Waals surface area (Å²) >= 11 is 0. The van der Waals surface area contributed by atoms with Crippen molar-refractivity contribution in [3.05, 3.63) is 0 Å². The molecule has 1 heterocycles. The quantitative estimate of drug-likeness (QED) is 0.624. The third-order valence-corrected chi connectivity index (χ3v) is 3.55. The molecule has 0 spiro atoms. The van der Waals surface area contributed by atoms with E-state index in [9.17, 15) is 14.4 Å². The van der Waals surface area contributed by atoms with Crippen molar-refractivity contribution in [1.82, 2.24) is 15.1 Å². The number of nitrogens with zero attached hydrogens (tertiary/aromatic N) is 2. The van der Waals surface area contributed by atoms with Crippen molar-refractivity contribution < 1.29 is 24.6 Å². The van der Waals surface area contributed by atoms with Gasteiger partial charge in [0.25, 0.3) is 0 Å². The van der Waals surface area contributed by atoms with Gasteiger partial charge in [-0.3, -0.25) is 4.79 Å². The molecule has 0 saturated carbocycles. The molecule has 1 rings (SSSR count).